The standard InChI is InChI=1S/C15H18N2O/c1-3-12-4-5-14(16)13(10-12)15(17-18)8-6-11(2)7-9-15/h3-5,10H,1-2,6-9,16H2. The maximum Gasteiger partial charge on any atom is 0.130 e. The van der Waals surface area contributed by atoms with Gasteiger partial charge in [0.05, 0.1) is 0 Å². The summed E-state index contributed by atoms with van der Waals surface area (Å²) in [4.78, 5) is 11.4. The van der Waals surface area contributed by atoms with Gasteiger partial charge in [-0.1, -0.05) is 36.1 Å². The maximum atomic E-state index is 11.4. The van der Waals surface area contributed by atoms with Crippen molar-refractivity contribution in [1.82, 2.24) is 0 Å². The second-order valence-electron chi connectivity index (χ2n) is 4.92. The molecule has 1 aromatic rings. The van der Waals surface area contributed by atoms with E-state index in [2.05, 4.69) is 18.3 Å². The Bertz CT molecular complexity index is 495. The Morgan fingerprint density at radius 2 is 2.00 bits per heavy atom. The molecule has 0 amide bonds. The second-order valence-corrected chi connectivity index (χ2v) is 4.92. The summed E-state index contributed by atoms with van der Waals surface area (Å²) in [5, 5.41) is 3.41. The van der Waals surface area contributed by atoms with Crippen molar-refractivity contribution < 1.29 is 0 Å². The number of rotatable bonds is 3. The molecule has 94 valence electrons. The number of hydrogen-bond acceptors (Lipinski definition) is 3. The first-order valence-corrected chi connectivity index (χ1v) is 6.15. The van der Waals surface area contributed by atoms with E-state index in [0.29, 0.717) is 18.5 Å². The van der Waals surface area contributed by atoms with Crippen LogP contribution < -0.4 is 5.73 Å². The molecule has 1 aliphatic carbocycles. The van der Waals surface area contributed by atoms with E-state index in [1.807, 2.05) is 18.2 Å². The zero-order valence-corrected chi connectivity index (χ0v) is 10.5. The number of nitrogen functional groups attached to an aromatic ring is 1. The fourth-order valence-electron chi connectivity index (χ4n) is 2.53. The zero-order valence-electron chi connectivity index (χ0n) is 10.5. The molecule has 1 saturated carbocycles. The van der Waals surface area contributed by atoms with Crippen molar-refractivity contribution in [2.75, 3.05) is 5.73 Å². The van der Waals surface area contributed by atoms with Crippen molar-refractivity contribution in [1.29, 1.82) is 0 Å². The molecule has 0 spiro atoms. The molecule has 0 bridgehead atoms. The third-order valence-electron chi connectivity index (χ3n) is 3.77. The first-order valence-electron chi connectivity index (χ1n) is 6.15. The van der Waals surface area contributed by atoms with E-state index in [0.717, 1.165) is 24.0 Å². The highest BCUT2D eigenvalue weighted by Crippen LogP contribution is 2.44. The lowest BCUT2D eigenvalue weighted by atomic mass is 9.75. The molecular formula is C15H18N2O. The van der Waals surface area contributed by atoms with Gasteiger partial charge in [0.15, 0.2) is 0 Å². The Morgan fingerprint density at radius 3 is 2.56 bits per heavy atom. The SMILES string of the molecule is C=Cc1ccc(N)c(C2(N=O)CCC(=C)CC2)c1. The van der Waals surface area contributed by atoms with Crippen LogP contribution in [0.25, 0.3) is 6.08 Å². The molecule has 0 aliphatic heterocycles. The fourth-order valence-corrected chi connectivity index (χ4v) is 2.53. The van der Waals surface area contributed by atoms with E-state index in [4.69, 9.17) is 5.73 Å². The molecule has 18 heavy (non-hydrogen) atoms. The molecule has 1 fully saturated rings. The average Bonchev–Trinajstić information content (AvgIpc) is 2.41. The molecule has 0 unspecified atom stereocenters. The third kappa shape index (κ3) is 2.08. The first kappa shape index (κ1) is 12.6. The minimum Gasteiger partial charge on any atom is -0.398 e. The Hall–Kier alpha value is -1.90. The Balaban J connectivity index is 2.46. The Labute approximate surface area is 107 Å². The molecule has 0 aromatic heterocycles. The minimum absolute atomic E-state index is 0.632. The summed E-state index contributed by atoms with van der Waals surface area (Å²) in [7, 11) is 0. The average molecular weight is 242 g/mol. The summed E-state index contributed by atoms with van der Waals surface area (Å²) in [5.74, 6) is 0. The molecule has 3 heteroatoms. The molecular weight excluding hydrogens is 224 g/mol. The van der Waals surface area contributed by atoms with Gasteiger partial charge in [0.2, 0.25) is 0 Å². The third-order valence-corrected chi connectivity index (χ3v) is 3.77. The van der Waals surface area contributed by atoms with Crippen molar-refractivity contribution >= 4 is 11.8 Å². The minimum atomic E-state index is -0.690. The van der Waals surface area contributed by atoms with Gasteiger partial charge in [0, 0.05) is 11.3 Å². The van der Waals surface area contributed by atoms with Gasteiger partial charge < -0.3 is 5.73 Å². The lowest BCUT2D eigenvalue weighted by Gasteiger charge is -2.32. The van der Waals surface area contributed by atoms with Crippen molar-refractivity contribution in [3.63, 3.8) is 0 Å². The monoisotopic (exact) mass is 242 g/mol. The summed E-state index contributed by atoms with van der Waals surface area (Å²) in [6, 6.07) is 5.65. The fraction of sp³-hybridized carbons (Fsp3) is 0.333. The van der Waals surface area contributed by atoms with E-state index in [1.165, 1.54) is 5.57 Å². The number of benzene rings is 1. The van der Waals surface area contributed by atoms with Gasteiger partial charge in [-0.3, -0.25) is 0 Å². The topological polar surface area (TPSA) is 55.4 Å². The van der Waals surface area contributed by atoms with Crippen LogP contribution in [0.1, 0.15) is 36.8 Å². The van der Waals surface area contributed by atoms with Crippen LogP contribution in [-0.4, -0.2) is 0 Å². The van der Waals surface area contributed by atoms with E-state index >= 15 is 0 Å². The highest BCUT2D eigenvalue weighted by molar-refractivity contribution is 5.59. The molecule has 1 aliphatic rings. The molecule has 0 atom stereocenters. The maximum absolute atomic E-state index is 11.4. The normalized spacial score (nSPS) is 18.3. The van der Waals surface area contributed by atoms with Crippen LogP contribution in [0.15, 0.2) is 42.1 Å². The summed E-state index contributed by atoms with van der Waals surface area (Å²) >= 11 is 0. The van der Waals surface area contributed by atoms with Gasteiger partial charge in [0.25, 0.3) is 0 Å². The first-order chi connectivity index (χ1) is 8.61. The molecule has 2 rings (SSSR count). The quantitative estimate of drug-likeness (QED) is 0.494. The van der Waals surface area contributed by atoms with Gasteiger partial charge >= 0.3 is 0 Å². The number of hydrogen-bond donors (Lipinski definition) is 1. The largest absolute Gasteiger partial charge is 0.398 e. The van der Waals surface area contributed by atoms with E-state index in [1.54, 1.807) is 6.08 Å². The summed E-state index contributed by atoms with van der Waals surface area (Å²) in [6.07, 6.45) is 4.82. The molecule has 3 nitrogen and oxygen atoms in total. The molecule has 0 heterocycles. The summed E-state index contributed by atoms with van der Waals surface area (Å²) in [6.45, 7) is 7.72. The Kier molecular flexibility index (Phi) is 3.32. The van der Waals surface area contributed by atoms with E-state index in [-0.39, 0.29) is 0 Å². The summed E-state index contributed by atoms with van der Waals surface area (Å²) in [5.41, 5.74) is 8.94. The smallest absolute Gasteiger partial charge is 0.130 e. The predicted octanol–water partition coefficient (Wildman–Crippen LogP) is 4.00. The lowest BCUT2D eigenvalue weighted by Crippen LogP contribution is -2.28. The van der Waals surface area contributed by atoms with Crippen molar-refractivity contribution in [2.24, 2.45) is 5.18 Å². The Morgan fingerprint density at radius 1 is 1.33 bits per heavy atom. The highest BCUT2D eigenvalue weighted by atomic mass is 16.3. The van der Waals surface area contributed by atoms with Crippen LogP contribution in [0.3, 0.4) is 0 Å². The molecule has 0 saturated heterocycles. The van der Waals surface area contributed by atoms with Crippen LogP contribution in [-0.2, 0) is 5.54 Å². The highest BCUT2D eigenvalue weighted by Gasteiger charge is 2.38. The van der Waals surface area contributed by atoms with Crippen LogP contribution in [0.2, 0.25) is 0 Å². The van der Waals surface area contributed by atoms with Gasteiger partial charge in [-0.15, -0.1) is 4.91 Å². The van der Waals surface area contributed by atoms with E-state index in [9.17, 15) is 4.91 Å². The van der Waals surface area contributed by atoms with E-state index < -0.39 is 5.54 Å². The number of nitrogens with zero attached hydrogens (tertiary/aromatic N) is 1. The van der Waals surface area contributed by atoms with Crippen LogP contribution in [0, 0.1) is 4.91 Å². The molecule has 2 N–H and O–H groups in total. The second kappa shape index (κ2) is 4.77. The lowest BCUT2D eigenvalue weighted by molar-refractivity contribution is 0.345. The van der Waals surface area contributed by atoms with Gasteiger partial charge in [-0.05, 0) is 43.4 Å². The number of nitroso groups, excluding NO2 is 1. The summed E-state index contributed by atoms with van der Waals surface area (Å²) < 4.78 is 0. The van der Waals surface area contributed by atoms with Crippen molar-refractivity contribution in [2.45, 2.75) is 31.2 Å². The molecule has 0 radical (unpaired) electrons. The van der Waals surface area contributed by atoms with Crippen LogP contribution in [0.4, 0.5) is 5.69 Å². The zero-order chi connectivity index (χ0) is 13.2. The number of anilines is 1. The van der Waals surface area contributed by atoms with Crippen LogP contribution in [0.5, 0.6) is 0 Å². The van der Waals surface area contributed by atoms with Gasteiger partial charge in [0.1, 0.15) is 5.54 Å². The van der Waals surface area contributed by atoms with Crippen molar-refractivity contribution in [3.05, 3.63) is 53.0 Å². The number of nitrogens with two attached hydrogens (primary N) is 1. The van der Waals surface area contributed by atoms with Crippen LogP contribution >= 0.6 is 0 Å². The van der Waals surface area contributed by atoms with Gasteiger partial charge in [-0.25, -0.2) is 0 Å². The van der Waals surface area contributed by atoms with Gasteiger partial charge in [-0.2, -0.15) is 0 Å². The van der Waals surface area contributed by atoms with Crippen molar-refractivity contribution in [3.8, 4) is 0 Å². The predicted molar refractivity (Wildman–Crippen MR) is 76.0 cm³/mol. The number of allylic oxidation sites excluding steroid dienone is 1. The molecule has 1 aromatic carbocycles.